The maximum atomic E-state index is 10.3. The molecule has 0 aliphatic carbocycles. The summed E-state index contributed by atoms with van der Waals surface area (Å²) in [5.41, 5.74) is 3.06. The van der Waals surface area contributed by atoms with E-state index in [0.29, 0.717) is 6.42 Å². The fourth-order valence-electron chi connectivity index (χ4n) is 4.97. The molecule has 1 saturated heterocycles. The van der Waals surface area contributed by atoms with E-state index in [4.69, 9.17) is 4.74 Å². The first-order valence-corrected chi connectivity index (χ1v) is 10.9. The van der Waals surface area contributed by atoms with Crippen LogP contribution in [-0.4, -0.2) is 29.0 Å². The van der Waals surface area contributed by atoms with Gasteiger partial charge in [0.05, 0.1) is 18.8 Å². The molecule has 5 aromatic rings. The molecule has 5 aromatic carbocycles. The largest absolute Gasteiger partial charge is 0.394 e. The van der Waals surface area contributed by atoms with Crippen LogP contribution >= 0.6 is 0 Å². The van der Waals surface area contributed by atoms with E-state index in [1.54, 1.807) is 0 Å². The lowest BCUT2D eigenvalue weighted by molar-refractivity contribution is -0.0222. The van der Waals surface area contributed by atoms with Crippen molar-refractivity contribution < 1.29 is 14.9 Å². The third-order valence-electron chi connectivity index (χ3n) is 6.56. The van der Waals surface area contributed by atoms with Gasteiger partial charge in [0.1, 0.15) is 6.10 Å². The Morgan fingerprint density at radius 3 is 2.22 bits per heavy atom. The highest BCUT2D eigenvalue weighted by molar-refractivity contribution is 6.24. The molecule has 1 fully saturated rings. The maximum Gasteiger partial charge on any atom is 0.107 e. The Kier molecular flexibility index (Phi) is 4.59. The summed E-state index contributed by atoms with van der Waals surface area (Å²) >= 11 is 0. The first-order valence-electron chi connectivity index (χ1n) is 10.9. The van der Waals surface area contributed by atoms with E-state index in [1.165, 1.54) is 21.5 Å². The molecule has 0 aromatic heterocycles. The van der Waals surface area contributed by atoms with Crippen molar-refractivity contribution in [1.82, 2.24) is 0 Å². The Labute approximate surface area is 186 Å². The first kappa shape index (κ1) is 19.3. The highest BCUT2D eigenvalue weighted by Crippen LogP contribution is 2.42. The van der Waals surface area contributed by atoms with E-state index >= 15 is 0 Å². The molecule has 3 atom stereocenters. The minimum atomic E-state index is -0.650. The van der Waals surface area contributed by atoms with Crippen molar-refractivity contribution in [2.75, 3.05) is 6.61 Å². The molecule has 3 nitrogen and oxygen atoms in total. The lowest BCUT2D eigenvalue weighted by Gasteiger charge is -2.18. The van der Waals surface area contributed by atoms with E-state index in [1.807, 2.05) is 30.3 Å². The number of aliphatic hydroxyl groups excluding tert-OH is 2. The number of ether oxygens (including phenoxy) is 1. The van der Waals surface area contributed by atoms with Crippen LogP contribution in [0.5, 0.6) is 0 Å². The van der Waals surface area contributed by atoms with E-state index in [2.05, 4.69) is 60.4 Å². The lowest BCUT2D eigenvalue weighted by Crippen LogP contribution is -2.24. The number of rotatable bonds is 2. The standard InChI is InChI=1S/C29H22O3/c30-17-27-25(31)16-26(32-27)23-14-11-21-10-13-22-19(7-6-18-4-2-1-3-5-18)8-9-20-12-15-24(23)29(21)28(20)22/h1-5,8-15,25-27,30-31H,16-17H2/t25?,26-,27-/m1/s1. The second-order valence-electron chi connectivity index (χ2n) is 8.46. The lowest BCUT2D eigenvalue weighted by atomic mass is 9.88. The Morgan fingerprint density at radius 2 is 1.47 bits per heavy atom. The molecule has 3 heteroatoms. The number of aliphatic hydroxyl groups is 2. The summed E-state index contributed by atoms with van der Waals surface area (Å²) in [5.74, 6) is 6.65. The maximum absolute atomic E-state index is 10.3. The molecule has 0 bridgehead atoms. The van der Waals surface area contributed by atoms with Gasteiger partial charge in [-0.2, -0.15) is 0 Å². The molecule has 1 heterocycles. The summed E-state index contributed by atoms with van der Waals surface area (Å²) in [4.78, 5) is 0. The van der Waals surface area contributed by atoms with Gasteiger partial charge in [0.25, 0.3) is 0 Å². The van der Waals surface area contributed by atoms with Crippen molar-refractivity contribution in [3.8, 4) is 11.8 Å². The summed E-state index contributed by atoms with van der Waals surface area (Å²) in [6.45, 7) is -0.174. The van der Waals surface area contributed by atoms with Crippen molar-refractivity contribution in [2.24, 2.45) is 0 Å². The van der Waals surface area contributed by atoms with Crippen molar-refractivity contribution in [3.05, 3.63) is 95.6 Å². The topological polar surface area (TPSA) is 49.7 Å². The molecular weight excluding hydrogens is 396 g/mol. The Hall–Kier alpha value is -3.42. The normalized spacial score (nSPS) is 20.8. The molecule has 0 spiro atoms. The van der Waals surface area contributed by atoms with Gasteiger partial charge >= 0.3 is 0 Å². The fourth-order valence-corrected chi connectivity index (χ4v) is 4.97. The SMILES string of the molecule is OC[C@H]1O[C@@H](c2ccc3ccc4c(C#Cc5ccccc5)ccc5ccc2c3c54)CC1O. The minimum absolute atomic E-state index is 0.174. The smallest absolute Gasteiger partial charge is 0.107 e. The third kappa shape index (κ3) is 3.04. The van der Waals surface area contributed by atoms with Crippen LogP contribution in [0.3, 0.4) is 0 Å². The quantitative estimate of drug-likeness (QED) is 0.307. The molecule has 1 aliphatic rings. The minimum Gasteiger partial charge on any atom is -0.394 e. The van der Waals surface area contributed by atoms with E-state index in [9.17, 15) is 10.2 Å². The number of hydrogen-bond donors (Lipinski definition) is 2. The van der Waals surface area contributed by atoms with Gasteiger partial charge in [0.15, 0.2) is 0 Å². The summed E-state index contributed by atoms with van der Waals surface area (Å²) in [7, 11) is 0. The molecule has 0 saturated carbocycles. The molecule has 1 unspecified atom stereocenters. The zero-order chi connectivity index (χ0) is 21.7. The van der Waals surface area contributed by atoms with Gasteiger partial charge in [-0.1, -0.05) is 72.5 Å². The van der Waals surface area contributed by atoms with Crippen LogP contribution in [0.15, 0.2) is 78.9 Å². The highest BCUT2D eigenvalue weighted by atomic mass is 16.5. The second-order valence-corrected chi connectivity index (χ2v) is 8.46. The van der Waals surface area contributed by atoms with Crippen LogP contribution in [-0.2, 0) is 4.74 Å². The summed E-state index contributed by atoms with van der Waals surface area (Å²) < 4.78 is 5.99. The predicted octanol–water partition coefficient (Wildman–Crippen LogP) is 5.17. The van der Waals surface area contributed by atoms with E-state index in [-0.39, 0.29) is 12.7 Å². The molecule has 156 valence electrons. The Bertz CT molecular complexity index is 1490. The summed E-state index contributed by atoms with van der Waals surface area (Å²) in [5, 5.41) is 26.8. The van der Waals surface area contributed by atoms with Crippen LogP contribution in [0.1, 0.15) is 29.2 Å². The third-order valence-corrected chi connectivity index (χ3v) is 6.56. The van der Waals surface area contributed by atoms with Gasteiger partial charge in [0.2, 0.25) is 0 Å². The van der Waals surface area contributed by atoms with Gasteiger partial charge in [0, 0.05) is 17.5 Å². The highest BCUT2D eigenvalue weighted by Gasteiger charge is 2.35. The van der Waals surface area contributed by atoms with Crippen molar-refractivity contribution in [1.29, 1.82) is 0 Å². The van der Waals surface area contributed by atoms with Gasteiger partial charge < -0.3 is 14.9 Å². The van der Waals surface area contributed by atoms with Gasteiger partial charge in [-0.3, -0.25) is 0 Å². The number of hydrogen-bond acceptors (Lipinski definition) is 3. The van der Waals surface area contributed by atoms with Crippen molar-refractivity contribution in [2.45, 2.75) is 24.7 Å². The Morgan fingerprint density at radius 1 is 0.781 bits per heavy atom. The van der Waals surface area contributed by atoms with Gasteiger partial charge in [-0.15, -0.1) is 0 Å². The van der Waals surface area contributed by atoms with Crippen molar-refractivity contribution >= 4 is 32.3 Å². The van der Waals surface area contributed by atoms with Crippen LogP contribution < -0.4 is 0 Å². The zero-order valence-electron chi connectivity index (χ0n) is 17.5. The molecule has 1 aliphatic heterocycles. The zero-order valence-corrected chi connectivity index (χ0v) is 17.5. The predicted molar refractivity (Wildman–Crippen MR) is 128 cm³/mol. The molecule has 0 radical (unpaired) electrons. The fraction of sp³-hybridized carbons (Fsp3) is 0.172. The summed E-state index contributed by atoms with van der Waals surface area (Å²) in [6.07, 6.45) is -0.922. The van der Waals surface area contributed by atoms with E-state index < -0.39 is 12.2 Å². The monoisotopic (exact) mass is 418 g/mol. The van der Waals surface area contributed by atoms with Crippen LogP contribution in [0.4, 0.5) is 0 Å². The van der Waals surface area contributed by atoms with Crippen LogP contribution in [0, 0.1) is 11.8 Å². The van der Waals surface area contributed by atoms with Crippen LogP contribution in [0.25, 0.3) is 32.3 Å². The van der Waals surface area contributed by atoms with E-state index in [0.717, 1.165) is 27.5 Å². The molecule has 6 rings (SSSR count). The average molecular weight is 418 g/mol. The molecule has 32 heavy (non-hydrogen) atoms. The first-order chi connectivity index (χ1) is 15.7. The second kappa shape index (κ2) is 7.62. The van der Waals surface area contributed by atoms with Gasteiger partial charge in [-0.25, -0.2) is 0 Å². The summed E-state index contributed by atoms with van der Waals surface area (Å²) in [6, 6.07) is 27.1. The van der Waals surface area contributed by atoms with Crippen LogP contribution in [0.2, 0.25) is 0 Å². The number of benzene rings is 5. The molecule has 0 amide bonds. The average Bonchev–Trinajstić information content (AvgIpc) is 3.22. The van der Waals surface area contributed by atoms with Gasteiger partial charge in [-0.05, 0) is 56.1 Å². The Balaban J connectivity index is 1.55. The molecular formula is C29H22O3. The molecule has 2 N–H and O–H groups in total. The van der Waals surface area contributed by atoms with Crippen molar-refractivity contribution in [3.63, 3.8) is 0 Å².